The number of ketones is 1. The van der Waals surface area contributed by atoms with Gasteiger partial charge < -0.3 is 0 Å². The minimum atomic E-state index is -1.61. The molecule has 0 aliphatic heterocycles. The second kappa shape index (κ2) is 5.61. The molecule has 0 heterocycles. The van der Waals surface area contributed by atoms with E-state index in [-0.39, 0.29) is 21.6 Å². The van der Waals surface area contributed by atoms with Gasteiger partial charge in [-0.05, 0) is 12.1 Å². The van der Waals surface area contributed by atoms with Gasteiger partial charge in [-0.2, -0.15) is 4.40 Å². The van der Waals surface area contributed by atoms with Crippen molar-refractivity contribution >= 4 is 45.7 Å². The Morgan fingerprint density at radius 2 is 1.56 bits per heavy atom. The summed E-state index contributed by atoms with van der Waals surface area (Å²) in [5.74, 6) is -0.311. The Kier molecular flexibility index (Phi) is 4.11. The molecule has 18 heavy (non-hydrogen) atoms. The molecule has 2 rings (SSSR count). The number of hydrogen-bond donors (Lipinski definition) is 0. The Labute approximate surface area is 116 Å². The minimum absolute atomic E-state index is 0.0942. The Morgan fingerprint density at radius 1 is 1.00 bits per heavy atom. The molecule has 1 unspecified atom stereocenters. The maximum absolute atomic E-state index is 12.0. The molecule has 3 nitrogen and oxygen atoms in total. The van der Waals surface area contributed by atoms with Crippen molar-refractivity contribution in [1.82, 2.24) is 0 Å². The van der Waals surface area contributed by atoms with Gasteiger partial charge in [-0.3, -0.25) is 4.79 Å². The summed E-state index contributed by atoms with van der Waals surface area (Å²) < 4.78 is 15.9. The highest BCUT2D eigenvalue weighted by atomic mass is 35.5. The second-order valence-corrected chi connectivity index (χ2v) is 5.36. The van der Waals surface area contributed by atoms with Crippen LogP contribution in [0.2, 0.25) is 0 Å². The molecule has 1 aromatic rings. The van der Waals surface area contributed by atoms with Crippen LogP contribution in [0.3, 0.4) is 0 Å². The van der Waals surface area contributed by atoms with E-state index in [0.29, 0.717) is 4.90 Å². The number of halogens is 2. The largest absolute Gasteiger partial charge is 0.290 e. The predicted molar refractivity (Wildman–Crippen MR) is 73.2 cm³/mol. The van der Waals surface area contributed by atoms with Gasteiger partial charge in [0.2, 0.25) is 0 Å². The summed E-state index contributed by atoms with van der Waals surface area (Å²) in [7, 11) is -1.61. The highest BCUT2D eigenvalue weighted by molar-refractivity contribution is 7.84. The van der Waals surface area contributed by atoms with Gasteiger partial charge in [-0.1, -0.05) is 41.4 Å². The lowest BCUT2D eigenvalue weighted by Crippen LogP contribution is -2.09. The number of hydrogen-bond acceptors (Lipinski definition) is 2. The molecule has 0 N–H and O–H groups in total. The summed E-state index contributed by atoms with van der Waals surface area (Å²) in [4.78, 5) is 11.7. The second-order valence-electron chi connectivity index (χ2n) is 3.39. The van der Waals surface area contributed by atoms with Crippen molar-refractivity contribution < 1.29 is 9.00 Å². The first kappa shape index (κ1) is 13.2. The average Bonchev–Trinajstić information content (AvgIpc) is 2.34. The van der Waals surface area contributed by atoms with Crippen molar-refractivity contribution in [2.75, 3.05) is 0 Å². The van der Waals surface area contributed by atoms with Crippen LogP contribution in [0.1, 0.15) is 0 Å². The number of nitrogens with zero attached hydrogens (tertiary/aromatic N) is 1. The molecule has 1 aliphatic carbocycles. The molecular formula is C12H7Cl2NO2S. The van der Waals surface area contributed by atoms with Crippen molar-refractivity contribution in [3.8, 4) is 0 Å². The summed E-state index contributed by atoms with van der Waals surface area (Å²) >= 11 is 11.7. The van der Waals surface area contributed by atoms with E-state index in [1.54, 1.807) is 24.3 Å². The standard InChI is InChI=1S/C12H7Cl2NO2S/c13-10-6-8(16)7-11(14)12(10)15-18(17)9-4-2-1-3-5-9/h1-7H. The molecule has 0 fully saturated rings. The van der Waals surface area contributed by atoms with Crippen molar-refractivity contribution in [2.45, 2.75) is 4.90 Å². The van der Waals surface area contributed by atoms with Crippen molar-refractivity contribution in [2.24, 2.45) is 4.40 Å². The van der Waals surface area contributed by atoms with Crippen LogP contribution in [0.15, 0.2) is 61.8 Å². The van der Waals surface area contributed by atoms with Crippen LogP contribution in [0.25, 0.3) is 0 Å². The quantitative estimate of drug-likeness (QED) is 0.788. The van der Waals surface area contributed by atoms with Crippen LogP contribution in [-0.4, -0.2) is 15.7 Å². The van der Waals surface area contributed by atoms with Crippen molar-refractivity contribution in [3.63, 3.8) is 0 Å². The third-order valence-corrected chi connectivity index (χ3v) is 3.71. The van der Waals surface area contributed by atoms with Crippen LogP contribution >= 0.6 is 23.2 Å². The van der Waals surface area contributed by atoms with E-state index in [9.17, 15) is 9.00 Å². The molecule has 0 spiro atoms. The topological polar surface area (TPSA) is 46.5 Å². The van der Waals surface area contributed by atoms with Gasteiger partial charge in [0.05, 0.1) is 15.0 Å². The van der Waals surface area contributed by atoms with Gasteiger partial charge in [-0.25, -0.2) is 4.21 Å². The van der Waals surface area contributed by atoms with Crippen molar-refractivity contribution in [1.29, 1.82) is 0 Å². The summed E-state index contributed by atoms with van der Waals surface area (Å²) in [6, 6.07) is 8.69. The lowest BCUT2D eigenvalue weighted by atomic mass is 10.1. The zero-order valence-electron chi connectivity index (χ0n) is 8.97. The van der Waals surface area contributed by atoms with E-state index < -0.39 is 11.0 Å². The van der Waals surface area contributed by atoms with Gasteiger partial charge in [0.25, 0.3) is 0 Å². The maximum atomic E-state index is 12.0. The molecule has 1 aliphatic rings. The number of carbonyl (C=O) groups is 1. The predicted octanol–water partition coefficient (Wildman–Crippen LogP) is 2.98. The number of carbonyl (C=O) groups excluding carboxylic acids is 1. The average molecular weight is 300 g/mol. The number of rotatable bonds is 2. The highest BCUT2D eigenvalue weighted by Gasteiger charge is 2.18. The first-order valence-corrected chi connectivity index (χ1v) is 6.79. The van der Waals surface area contributed by atoms with Gasteiger partial charge in [0.1, 0.15) is 5.71 Å². The molecule has 0 amide bonds. The summed E-state index contributed by atoms with van der Waals surface area (Å²) in [6.07, 6.45) is 2.38. The lowest BCUT2D eigenvalue weighted by Gasteiger charge is -2.07. The molecule has 0 bridgehead atoms. The van der Waals surface area contributed by atoms with Gasteiger partial charge >= 0.3 is 0 Å². The van der Waals surface area contributed by atoms with Gasteiger partial charge in [0, 0.05) is 12.2 Å². The van der Waals surface area contributed by atoms with E-state index >= 15 is 0 Å². The summed E-state index contributed by atoms with van der Waals surface area (Å²) in [5, 5.41) is 0.188. The van der Waals surface area contributed by atoms with Crippen LogP contribution < -0.4 is 0 Å². The molecule has 92 valence electrons. The fraction of sp³-hybridized carbons (Fsp3) is 0. The fourth-order valence-corrected chi connectivity index (χ4v) is 2.81. The van der Waals surface area contributed by atoms with E-state index in [4.69, 9.17) is 23.2 Å². The van der Waals surface area contributed by atoms with Crippen LogP contribution in [0, 0.1) is 0 Å². The minimum Gasteiger partial charge on any atom is -0.290 e. The molecule has 0 saturated carbocycles. The van der Waals surface area contributed by atoms with Crippen LogP contribution in [-0.2, 0) is 15.8 Å². The first-order chi connectivity index (χ1) is 8.58. The number of allylic oxidation sites excluding steroid dienone is 4. The van der Waals surface area contributed by atoms with E-state index in [1.165, 1.54) is 12.2 Å². The summed E-state index contributed by atoms with van der Waals surface area (Å²) in [5.41, 5.74) is 0.167. The smallest absolute Gasteiger partial charge is 0.181 e. The monoisotopic (exact) mass is 299 g/mol. The Bertz CT molecular complexity index is 582. The van der Waals surface area contributed by atoms with Crippen LogP contribution in [0.5, 0.6) is 0 Å². The Morgan fingerprint density at radius 3 is 2.11 bits per heavy atom. The SMILES string of the molecule is O=C1C=C(Cl)C(=NS(=O)c2ccccc2)C(Cl)=C1. The molecule has 6 heteroatoms. The zero-order chi connectivity index (χ0) is 13.1. The lowest BCUT2D eigenvalue weighted by molar-refractivity contribution is -0.110. The third kappa shape index (κ3) is 2.96. The fourth-order valence-electron chi connectivity index (χ4n) is 1.30. The van der Waals surface area contributed by atoms with Gasteiger partial charge in [0.15, 0.2) is 16.8 Å². The Balaban J connectivity index is 2.35. The van der Waals surface area contributed by atoms with E-state index in [1.807, 2.05) is 6.07 Å². The normalized spacial score (nSPS) is 17.0. The maximum Gasteiger partial charge on any atom is 0.181 e. The molecule has 1 aromatic carbocycles. The molecular weight excluding hydrogens is 293 g/mol. The van der Waals surface area contributed by atoms with Crippen LogP contribution in [0.4, 0.5) is 0 Å². The van der Waals surface area contributed by atoms with E-state index in [2.05, 4.69) is 4.40 Å². The van der Waals surface area contributed by atoms with E-state index in [0.717, 1.165) is 0 Å². The molecule has 0 saturated heterocycles. The molecule has 0 radical (unpaired) electrons. The third-order valence-electron chi connectivity index (χ3n) is 2.11. The van der Waals surface area contributed by atoms with Gasteiger partial charge in [-0.15, -0.1) is 0 Å². The molecule has 1 atom stereocenters. The highest BCUT2D eigenvalue weighted by Crippen LogP contribution is 2.22. The first-order valence-electron chi connectivity index (χ1n) is 4.92. The number of benzene rings is 1. The van der Waals surface area contributed by atoms with Crippen molar-refractivity contribution in [3.05, 3.63) is 52.5 Å². The Hall–Kier alpha value is -1.23. The zero-order valence-corrected chi connectivity index (χ0v) is 11.3. The summed E-state index contributed by atoms with van der Waals surface area (Å²) in [6.45, 7) is 0. The molecule has 0 aromatic heterocycles.